The molecule has 0 bridgehead atoms. The number of aromatic nitrogens is 1. The van der Waals surface area contributed by atoms with Gasteiger partial charge < -0.3 is 10.4 Å². The molecule has 1 unspecified atom stereocenters. The van der Waals surface area contributed by atoms with Crippen LogP contribution in [0, 0.1) is 5.95 Å². The SMILES string of the molecule is CC(c1ccc(F)nc1)N1CC[C@H](NC(=O)O)C1. The fraction of sp³-hybridized carbons (Fsp3) is 0.500. The van der Waals surface area contributed by atoms with E-state index in [0.29, 0.717) is 6.54 Å². The summed E-state index contributed by atoms with van der Waals surface area (Å²) in [5, 5.41) is 11.2. The zero-order valence-corrected chi connectivity index (χ0v) is 10.1. The Balaban J connectivity index is 1.96. The number of hydrogen-bond donors (Lipinski definition) is 2. The second-order valence-corrected chi connectivity index (χ2v) is 4.52. The van der Waals surface area contributed by atoms with E-state index in [4.69, 9.17) is 5.11 Å². The Kier molecular flexibility index (Phi) is 3.76. The first kappa shape index (κ1) is 12.8. The minimum Gasteiger partial charge on any atom is -0.465 e. The standard InChI is InChI=1S/C12H16FN3O2/c1-8(9-2-3-11(13)14-6-9)16-5-4-10(7-16)15-12(17)18/h2-3,6,8,10,15H,4-5,7H2,1H3,(H,17,18)/t8?,10-/m0/s1. The van der Waals surface area contributed by atoms with Crippen LogP contribution < -0.4 is 5.32 Å². The van der Waals surface area contributed by atoms with Crippen molar-refractivity contribution in [1.29, 1.82) is 0 Å². The molecule has 2 rings (SSSR count). The lowest BCUT2D eigenvalue weighted by molar-refractivity contribution is 0.188. The predicted molar refractivity (Wildman–Crippen MR) is 63.7 cm³/mol. The number of likely N-dealkylation sites (tertiary alicyclic amines) is 1. The molecule has 98 valence electrons. The molecule has 5 nitrogen and oxygen atoms in total. The summed E-state index contributed by atoms with van der Waals surface area (Å²) in [7, 11) is 0. The van der Waals surface area contributed by atoms with Crippen LogP contribution in [0.4, 0.5) is 9.18 Å². The van der Waals surface area contributed by atoms with E-state index in [1.807, 2.05) is 6.92 Å². The van der Waals surface area contributed by atoms with E-state index in [-0.39, 0.29) is 12.1 Å². The number of nitrogens with zero attached hydrogens (tertiary/aromatic N) is 2. The van der Waals surface area contributed by atoms with Crippen LogP contribution in [-0.4, -0.2) is 40.2 Å². The van der Waals surface area contributed by atoms with Gasteiger partial charge in [-0.05, 0) is 25.0 Å². The van der Waals surface area contributed by atoms with Crippen LogP contribution >= 0.6 is 0 Å². The molecule has 0 aliphatic carbocycles. The number of rotatable bonds is 3. The maximum atomic E-state index is 12.7. The Labute approximate surface area is 105 Å². The van der Waals surface area contributed by atoms with Crippen LogP contribution in [0.1, 0.15) is 24.9 Å². The number of amides is 1. The summed E-state index contributed by atoms with van der Waals surface area (Å²) in [6, 6.07) is 3.14. The number of hydrogen-bond acceptors (Lipinski definition) is 3. The van der Waals surface area contributed by atoms with Gasteiger partial charge in [0, 0.05) is 31.4 Å². The molecule has 2 heterocycles. The van der Waals surface area contributed by atoms with Gasteiger partial charge in [-0.15, -0.1) is 0 Å². The van der Waals surface area contributed by atoms with Crippen LogP contribution in [0.2, 0.25) is 0 Å². The van der Waals surface area contributed by atoms with Crippen molar-refractivity contribution in [3.05, 3.63) is 29.8 Å². The number of nitrogens with one attached hydrogen (secondary N) is 1. The van der Waals surface area contributed by atoms with Crippen LogP contribution in [0.3, 0.4) is 0 Å². The number of halogens is 1. The predicted octanol–water partition coefficient (Wildman–Crippen LogP) is 1.62. The van der Waals surface area contributed by atoms with Crippen molar-refractivity contribution in [2.45, 2.75) is 25.4 Å². The molecule has 0 radical (unpaired) electrons. The van der Waals surface area contributed by atoms with Gasteiger partial charge in [0.2, 0.25) is 5.95 Å². The summed E-state index contributed by atoms with van der Waals surface area (Å²) in [5.41, 5.74) is 0.937. The Hall–Kier alpha value is -1.69. The van der Waals surface area contributed by atoms with Crippen LogP contribution in [0.5, 0.6) is 0 Å². The molecule has 1 aromatic rings. The molecule has 1 fully saturated rings. The first-order chi connectivity index (χ1) is 8.56. The lowest BCUT2D eigenvalue weighted by atomic mass is 10.1. The van der Waals surface area contributed by atoms with E-state index in [1.165, 1.54) is 12.3 Å². The van der Waals surface area contributed by atoms with Crippen molar-refractivity contribution in [3.63, 3.8) is 0 Å². The Morgan fingerprint density at radius 2 is 2.44 bits per heavy atom. The molecule has 1 aliphatic heterocycles. The maximum Gasteiger partial charge on any atom is 0.404 e. The quantitative estimate of drug-likeness (QED) is 0.803. The minimum absolute atomic E-state index is 0.0293. The average Bonchev–Trinajstić information content (AvgIpc) is 2.76. The summed E-state index contributed by atoms with van der Waals surface area (Å²) >= 11 is 0. The molecule has 2 atom stereocenters. The van der Waals surface area contributed by atoms with E-state index in [1.54, 1.807) is 6.07 Å². The van der Waals surface area contributed by atoms with Gasteiger partial charge in [0.1, 0.15) is 0 Å². The fourth-order valence-corrected chi connectivity index (χ4v) is 2.28. The van der Waals surface area contributed by atoms with Crippen molar-refractivity contribution in [3.8, 4) is 0 Å². The van der Waals surface area contributed by atoms with Crippen molar-refractivity contribution in [1.82, 2.24) is 15.2 Å². The van der Waals surface area contributed by atoms with Crippen molar-refractivity contribution < 1.29 is 14.3 Å². The summed E-state index contributed by atoms with van der Waals surface area (Å²) in [5.74, 6) is -0.488. The Bertz CT molecular complexity index is 424. The zero-order valence-electron chi connectivity index (χ0n) is 10.1. The van der Waals surface area contributed by atoms with Gasteiger partial charge in [-0.3, -0.25) is 4.90 Å². The highest BCUT2D eigenvalue weighted by Crippen LogP contribution is 2.24. The summed E-state index contributed by atoms with van der Waals surface area (Å²) < 4.78 is 12.7. The highest BCUT2D eigenvalue weighted by atomic mass is 19.1. The van der Waals surface area contributed by atoms with Crippen molar-refractivity contribution in [2.24, 2.45) is 0 Å². The smallest absolute Gasteiger partial charge is 0.404 e. The van der Waals surface area contributed by atoms with E-state index >= 15 is 0 Å². The molecule has 1 amide bonds. The third-order valence-corrected chi connectivity index (χ3v) is 3.33. The first-order valence-electron chi connectivity index (χ1n) is 5.91. The zero-order chi connectivity index (χ0) is 13.1. The molecule has 1 aliphatic rings. The van der Waals surface area contributed by atoms with Gasteiger partial charge in [0.05, 0.1) is 0 Å². The second-order valence-electron chi connectivity index (χ2n) is 4.52. The first-order valence-corrected chi connectivity index (χ1v) is 5.91. The molecule has 6 heteroatoms. The van der Waals surface area contributed by atoms with Crippen molar-refractivity contribution >= 4 is 6.09 Å². The average molecular weight is 253 g/mol. The normalized spacial score (nSPS) is 21.8. The molecule has 2 N–H and O–H groups in total. The van der Waals surface area contributed by atoms with E-state index in [2.05, 4.69) is 15.2 Å². The van der Waals surface area contributed by atoms with Gasteiger partial charge in [0.15, 0.2) is 0 Å². The van der Waals surface area contributed by atoms with Crippen LogP contribution in [0.25, 0.3) is 0 Å². The van der Waals surface area contributed by atoms with Crippen LogP contribution in [-0.2, 0) is 0 Å². The largest absolute Gasteiger partial charge is 0.465 e. The highest BCUT2D eigenvalue weighted by molar-refractivity contribution is 5.64. The topological polar surface area (TPSA) is 65.5 Å². The third-order valence-electron chi connectivity index (χ3n) is 3.33. The summed E-state index contributed by atoms with van der Waals surface area (Å²) in [6.45, 7) is 3.51. The highest BCUT2D eigenvalue weighted by Gasteiger charge is 2.27. The molecule has 0 aromatic carbocycles. The molecular formula is C12H16FN3O2. The number of pyridine rings is 1. The van der Waals surface area contributed by atoms with E-state index in [0.717, 1.165) is 18.5 Å². The van der Waals surface area contributed by atoms with E-state index < -0.39 is 12.0 Å². The van der Waals surface area contributed by atoms with Gasteiger partial charge in [0.25, 0.3) is 0 Å². The molecule has 0 saturated carbocycles. The lowest BCUT2D eigenvalue weighted by Gasteiger charge is -2.24. The Morgan fingerprint density at radius 3 is 3.06 bits per heavy atom. The number of carboxylic acid groups (broad SMARTS) is 1. The molecule has 1 saturated heterocycles. The van der Waals surface area contributed by atoms with Crippen LogP contribution in [0.15, 0.2) is 18.3 Å². The van der Waals surface area contributed by atoms with Gasteiger partial charge in [-0.2, -0.15) is 4.39 Å². The van der Waals surface area contributed by atoms with Crippen molar-refractivity contribution in [2.75, 3.05) is 13.1 Å². The Morgan fingerprint density at radius 1 is 1.67 bits per heavy atom. The summed E-state index contributed by atoms with van der Waals surface area (Å²) in [4.78, 5) is 16.4. The minimum atomic E-state index is -0.988. The molecule has 18 heavy (non-hydrogen) atoms. The van der Waals surface area contributed by atoms with Gasteiger partial charge in [-0.25, -0.2) is 9.78 Å². The maximum absolute atomic E-state index is 12.7. The second kappa shape index (κ2) is 5.30. The monoisotopic (exact) mass is 253 g/mol. The van der Waals surface area contributed by atoms with E-state index in [9.17, 15) is 9.18 Å². The molecular weight excluding hydrogens is 237 g/mol. The number of carbonyl (C=O) groups is 1. The van der Waals surface area contributed by atoms with Gasteiger partial charge in [-0.1, -0.05) is 6.07 Å². The lowest BCUT2D eigenvalue weighted by Crippen LogP contribution is -2.36. The fourth-order valence-electron chi connectivity index (χ4n) is 2.28. The summed E-state index contributed by atoms with van der Waals surface area (Å²) in [6.07, 6.45) is 1.33. The molecule has 1 aromatic heterocycles. The third kappa shape index (κ3) is 2.95. The molecule has 0 spiro atoms. The van der Waals surface area contributed by atoms with Gasteiger partial charge >= 0.3 is 6.09 Å².